The fraction of sp³-hybridized carbons (Fsp3) is 0.507. The molecular formula is C67H94N10O20S5Si3+2. The van der Waals surface area contributed by atoms with Crippen molar-refractivity contribution in [2.45, 2.75) is 122 Å². The van der Waals surface area contributed by atoms with E-state index in [9.17, 15) is 83.0 Å². The molecule has 0 saturated heterocycles. The molecule has 0 amide bonds. The van der Waals surface area contributed by atoms with Crippen LogP contribution in [-0.2, 0) is 68.4 Å². The number of aromatic nitrogens is 2. The predicted molar refractivity (Wildman–Crippen MR) is 404 cm³/mol. The summed E-state index contributed by atoms with van der Waals surface area (Å²) in [6.45, 7) is 11.4. The fourth-order valence-electron chi connectivity index (χ4n) is 17.5. The molecule has 0 atom stereocenters. The van der Waals surface area contributed by atoms with Crippen LogP contribution in [0.1, 0.15) is 106 Å². The number of aliphatic carboxylic acids is 1. The number of quaternary nitrogens is 2. The Hall–Kier alpha value is -6.29. The molecule has 2 aromatic heterocycles. The zero-order valence-corrected chi connectivity index (χ0v) is 66.4. The van der Waals surface area contributed by atoms with Crippen molar-refractivity contribution in [1.29, 1.82) is 0 Å². The van der Waals surface area contributed by atoms with Crippen LogP contribution in [0.3, 0.4) is 0 Å². The molecule has 0 radical (unpaired) electrons. The molecule has 105 heavy (non-hydrogen) atoms. The van der Waals surface area contributed by atoms with Crippen molar-refractivity contribution in [2.24, 2.45) is 20.0 Å². The summed E-state index contributed by atoms with van der Waals surface area (Å²) in [6.07, 6.45) is 2.49. The zero-order chi connectivity index (χ0) is 75.5. The van der Waals surface area contributed by atoms with Crippen LogP contribution in [0.4, 0.5) is 11.6 Å². The first-order chi connectivity index (χ1) is 49.3. The average molecular weight is 1600 g/mol. The monoisotopic (exact) mass is 1600 g/mol. The Morgan fingerprint density at radius 3 is 1.08 bits per heavy atom. The number of benzene rings is 4. The zero-order valence-electron chi connectivity index (χ0n) is 59.4. The number of carbonyl (C=O) groups is 1. The number of rotatable bonds is 43. The molecule has 1 spiro atoms. The first kappa shape index (κ1) is 78.3. The molecule has 8 heterocycles. The third-order valence-electron chi connectivity index (χ3n) is 21.5. The number of unbranched alkanes of at least 4 members (excludes halogenated alkanes) is 5. The number of ether oxygens (including phenoxy) is 1. The molecule has 0 fully saturated rings. The van der Waals surface area contributed by atoms with Crippen LogP contribution in [0.25, 0.3) is 21.5 Å². The number of nitrogens with zero attached hydrogens (tertiary/aromatic N) is 10. The third-order valence-corrected chi connectivity index (χ3v) is 42.2. The van der Waals surface area contributed by atoms with Crippen molar-refractivity contribution in [3.63, 3.8) is 0 Å². The maximum atomic E-state index is 12.2. The second-order valence-corrected chi connectivity index (χ2v) is 52.2. The van der Waals surface area contributed by atoms with Gasteiger partial charge in [0.2, 0.25) is 0 Å². The number of aliphatic imine (C=N–C) groups is 2. The van der Waals surface area contributed by atoms with E-state index in [1.807, 2.05) is 97.1 Å². The van der Waals surface area contributed by atoms with Gasteiger partial charge >= 0.3 is 608 Å². The Labute approximate surface area is 613 Å². The molecule has 38 heteroatoms. The molecule has 6 N–H and O–H groups in total. The Kier molecular flexibility index (Phi) is 21.3. The maximum absolute atomic E-state index is 12.2. The van der Waals surface area contributed by atoms with Crippen LogP contribution in [0.2, 0.25) is 38.3 Å². The first-order valence-electron chi connectivity index (χ1n) is 35.7. The van der Waals surface area contributed by atoms with Gasteiger partial charge in [-0.3, -0.25) is 4.79 Å². The molecule has 0 unspecified atom stereocenters. The summed E-state index contributed by atoms with van der Waals surface area (Å²) in [6, 6.07) is 32.6. The van der Waals surface area contributed by atoms with Crippen LogP contribution in [-0.4, -0.2) is 244 Å². The molecule has 572 valence electrons. The molecule has 30 nitrogen and oxygen atoms in total. The number of carboxylic acids is 1. The number of fused-ring (bicyclic) bond motifs is 12. The molecule has 6 aromatic rings. The van der Waals surface area contributed by atoms with Crippen molar-refractivity contribution < 1.29 is 105 Å². The van der Waals surface area contributed by atoms with E-state index in [1.54, 1.807) is 0 Å². The summed E-state index contributed by atoms with van der Waals surface area (Å²) < 4.78 is 206. The first-order valence-corrected chi connectivity index (χ1v) is 52.6. The van der Waals surface area contributed by atoms with Crippen LogP contribution < -0.4 is 11.0 Å². The van der Waals surface area contributed by atoms with E-state index in [0.29, 0.717) is 155 Å². The summed E-state index contributed by atoms with van der Waals surface area (Å²) in [7, 11) is -36.7. The van der Waals surface area contributed by atoms with E-state index >= 15 is 0 Å². The van der Waals surface area contributed by atoms with Gasteiger partial charge < -0.3 is 5.11 Å². The molecule has 0 saturated carbocycles. The molecule has 6 aliphatic heterocycles. The molecule has 0 aliphatic carbocycles. The third kappa shape index (κ3) is 15.1. The quantitative estimate of drug-likeness (QED) is 0.00969. The van der Waals surface area contributed by atoms with Gasteiger partial charge in [0.05, 0.1) is 0 Å². The van der Waals surface area contributed by atoms with E-state index in [0.717, 1.165) is 43.8 Å². The van der Waals surface area contributed by atoms with Gasteiger partial charge in [0.25, 0.3) is 0 Å². The number of hydrogen-bond donors (Lipinski definition) is 6. The summed E-state index contributed by atoms with van der Waals surface area (Å²) in [5, 5.41) is 12.5. The Bertz CT molecular complexity index is 5080. The van der Waals surface area contributed by atoms with E-state index in [-0.39, 0.29) is 60.7 Å². The van der Waals surface area contributed by atoms with Crippen LogP contribution >= 0.6 is 0 Å². The summed E-state index contributed by atoms with van der Waals surface area (Å²) in [5.41, 5.74) is 3.93. The molecule has 0 bridgehead atoms. The van der Waals surface area contributed by atoms with Gasteiger partial charge in [-0.15, -0.1) is 0 Å². The second kappa shape index (κ2) is 28.6. The summed E-state index contributed by atoms with van der Waals surface area (Å²) in [5.74, 6) is -0.683. The molecule has 12 rings (SSSR count). The number of amidine groups is 4. The topological polar surface area (TPSA) is 402 Å². The van der Waals surface area contributed by atoms with Crippen LogP contribution in [0.5, 0.6) is 0 Å². The average Bonchev–Trinajstić information content (AvgIpc) is 1.47. The minimum atomic E-state index is -7.43. The van der Waals surface area contributed by atoms with Crippen molar-refractivity contribution in [3.8, 4) is 0 Å². The van der Waals surface area contributed by atoms with Gasteiger partial charge in [-0.2, -0.15) is 0 Å². The van der Waals surface area contributed by atoms with Crippen molar-refractivity contribution in [1.82, 2.24) is 8.47 Å². The van der Waals surface area contributed by atoms with Gasteiger partial charge in [-0.1, -0.05) is 0 Å². The normalized spacial score (nSPS) is 17.6. The van der Waals surface area contributed by atoms with Crippen LogP contribution in [0.15, 0.2) is 117 Å². The van der Waals surface area contributed by atoms with Crippen LogP contribution in [0, 0.1) is 0 Å². The molecule has 4 aromatic carbocycles. The van der Waals surface area contributed by atoms with Crippen molar-refractivity contribution in [3.05, 3.63) is 130 Å². The van der Waals surface area contributed by atoms with Crippen molar-refractivity contribution in [2.75, 3.05) is 94.3 Å². The van der Waals surface area contributed by atoms with Gasteiger partial charge in [-0.05, 0) is 0 Å². The van der Waals surface area contributed by atoms with Gasteiger partial charge in [0.1, 0.15) is 0 Å². The number of hydrogen-bond acceptors (Lipinski definition) is 18. The molecular weight excluding hydrogens is 1510 g/mol. The summed E-state index contributed by atoms with van der Waals surface area (Å²) in [4.78, 5) is 35.1. The molecule has 6 aliphatic rings. The predicted octanol–water partition coefficient (Wildman–Crippen LogP) is 7.01. The standard InChI is InChI=1S/C67H92N10O20S5Si3/c1-103(2,49-23-39-76(34-13-18-44-98(80,81)82,35-14-19-45-99(83,84)85)36-15-20-46-100(86,87)88)96-105(97-104(3,4)50-24-40-77(37-16-21-47-101(89,90)91,38-17-22-48-102(92,93)94)41-43-95-42-33-59(78)79)72-60-51-25-5-6-26-52(51)61(72)69-63-55-29-9-10-30-56(55)65(74(63)105)71-67-58-32-12-11-31-57(58)66(75(67)105)70-64-54-28-8-7-27-53(54)62(68-60)73(64)105/h5-12,25-32H,13-24,33-50H2,1-4H3,(H4-2,78,79,80,81,82,83,84,85,86,87,88,89,90,91,92,93,94)/p+2. The Morgan fingerprint density at radius 1 is 0.419 bits per heavy atom. The Balaban J connectivity index is 1.09. The second-order valence-electron chi connectivity index (χ2n) is 30.1. The van der Waals surface area contributed by atoms with E-state index < -0.39 is 110 Å². The SMILES string of the molecule is C[Si](C)(CCC[N+](CCCCS(=O)(=O)O)(CCCCS(=O)(=O)O)CCCCS(=O)(=O)O)O[Si-2]123(O[Si](C)(C)CCC[N+](CCCCS(=O)(=O)O)(CCCCS(=O)(=O)O)CCOCCC(=O)O)n4c5c6ccccc6c4N=C4c6ccccc6C(=[N+]41)N=c1c4ccccc4c(n12)=NC1=[N+]3C(=N5)c2ccccc21. The summed E-state index contributed by atoms with van der Waals surface area (Å²) >= 11 is 0. The Morgan fingerprint density at radius 2 is 0.733 bits per heavy atom. The van der Waals surface area contributed by atoms with Gasteiger partial charge in [0, 0.05) is 0 Å². The van der Waals surface area contributed by atoms with E-state index in [4.69, 9.17) is 24.7 Å². The van der Waals surface area contributed by atoms with Gasteiger partial charge in [-0.25, -0.2) is 0 Å². The number of carboxylic acid groups (broad SMARTS) is 1. The van der Waals surface area contributed by atoms with Crippen molar-refractivity contribution >= 4 is 137 Å². The minimum absolute atomic E-state index is 0.0760. The fourth-order valence-corrected chi connectivity index (χ4v) is 42.5. The van der Waals surface area contributed by atoms with E-state index in [2.05, 4.69) is 43.1 Å². The van der Waals surface area contributed by atoms with E-state index in [1.165, 1.54) is 0 Å². The van der Waals surface area contributed by atoms with Gasteiger partial charge in [0.15, 0.2) is 0 Å².